The van der Waals surface area contributed by atoms with Crippen molar-refractivity contribution in [3.05, 3.63) is 72.2 Å². The van der Waals surface area contributed by atoms with Crippen LogP contribution in [0.25, 0.3) is 0 Å². The lowest BCUT2D eigenvalue weighted by molar-refractivity contribution is 0.102. The van der Waals surface area contributed by atoms with Gasteiger partial charge in [0.05, 0.1) is 18.2 Å². The summed E-state index contributed by atoms with van der Waals surface area (Å²) < 4.78 is 5.38. The van der Waals surface area contributed by atoms with Crippen molar-refractivity contribution in [1.82, 2.24) is 9.97 Å². The van der Waals surface area contributed by atoms with Crippen molar-refractivity contribution >= 4 is 23.1 Å². The van der Waals surface area contributed by atoms with E-state index in [1.807, 2.05) is 13.0 Å². The number of nitrogens with zero attached hydrogens (tertiary/aromatic N) is 3. The minimum atomic E-state index is -0.351. The van der Waals surface area contributed by atoms with Gasteiger partial charge < -0.3 is 15.4 Å². The third kappa shape index (κ3) is 4.80. The summed E-state index contributed by atoms with van der Waals surface area (Å²) in [5, 5.41) is 14.8. The van der Waals surface area contributed by atoms with Gasteiger partial charge in [-0.15, -0.1) is 0 Å². The van der Waals surface area contributed by atoms with Gasteiger partial charge in [0.25, 0.3) is 5.91 Å². The molecule has 2 aromatic carbocycles. The van der Waals surface area contributed by atoms with Crippen LogP contribution in [0.3, 0.4) is 0 Å². The normalized spacial score (nSPS) is 9.93. The third-order valence-electron chi connectivity index (χ3n) is 3.59. The fourth-order valence-electron chi connectivity index (χ4n) is 2.36. The first kappa shape index (κ1) is 17.9. The fourth-order valence-corrected chi connectivity index (χ4v) is 2.36. The van der Waals surface area contributed by atoms with Crippen LogP contribution in [0.4, 0.5) is 17.2 Å². The van der Waals surface area contributed by atoms with Crippen LogP contribution in [-0.4, -0.2) is 22.5 Å². The highest BCUT2D eigenvalue weighted by molar-refractivity contribution is 6.03. The smallest absolute Gasteiger partial charge is 0.274 e. The molecule has 27 heavy (non-hydrogen) atoms. The van der Waals surface area contributed by atoms with Gasteiger partial charge in [0.2, 0.25) is 0 Å². The molecule has 2 N–H and O–H groups in total. The van der Waals surface area contributed by atoms with Crippen LogP contribution in [0.2, 0.25) is 0 Å². The summed E-state index contributed by atoms with van der Waals surface area (Å²) in [6.45, 7) is 2.49. The van der Waals surface area contributed by atoms with E-state index >= 15 is 0 Å². The first-order valence-electron chi connectivity index (χ1n) is 8.31. The lowest BCUT2D eigenvalue weighted by Crippen LogP contribution is -2.14. The molecule has 0 atom stereocenters. The zero-order chi connectivity index (χ0) is 19.1. The summed E-state index contributed by atoms with van der Waals surface area (Å²) in [7, 11) is 0. The standard InChI is InChI=1S/C20H17N5O2/c1-2-27-17-8-6-15(7-9-17)25-20(26)18-11-19(23-13-22-18)24-16-5-3-4-14(10-16)12-21/h3-11,13H,2H2,1H3,(H,25,26)(H,22,23,24). The molecule has 0 spiro atoms. The molecule has 7 nitrogen and oxygen atoms in total. The van der Waals surface area contributed by atoms with E-state index in [1.165, 1.54) is 6.33 Å². The quantitative estimate of drug-likeness (QED) is 0.695. The van der Waals surface area contributed by atoms with E-state index in [9.17, 15) is 4.79 Å². The van der Waals surface area contributed by atoms with E-state index in [2.05, 4.69) is 26.7 Å². The maximum Gasteiger partial charge on any atom is 0.274 e. The molecular formula is C20H17N5O2. The van der Waals surface area contributed by atoms with Crippen LogP contribution < -0.4 is 15.4 Å². The molecule has 0 bridgehead atoms. The minimum Gasteiger partial charge on any atom is -0.494 e. The second-order valence-corrected chi connectivity index (χ2v) is 5.52. The molecule has 134 valence electrons. The number of carbonyl (C=O) groups excluding carboxylic acids is 1. The van der Waals surface area contributed by atoms with Crippen molar-refractivity contribution in [3.63, 3.8) is 0 Å². The first-order chi connectivity index (χ1) is 13.2. The Morgan fingerprint density at radius 2 is 1.93 bits per heavy atom. The van der Waals surface area contributed by atoms with Gasteiger partial charge in [0.15, 0.2) is 0 Å². The lowest BCUT2D eigenvalue weighted by atomic mass is 10.2. The maximum absolute atomic E-state index is 12.4. The molecule has 0 saturated carbocycles. The van der Waals surface area contributed by atoms with Crippen LogP contribution >= 0.6 is 0 Å². The number of benzene rings is 2. The Balaban J connectivity index is 1.70. The van der Waals surface area contributed by atoms with Crippen LogP contribution in [0.1, 0.15) is 23.0 Å². The average molecular weight is 359 g/mol. The Morgan fingerprint density at radius 3 is 2.67 bits per heavy atom. The maximum atomic E-state index is 12.4. The number of carbonyl (C=O) groups is 1. The summed E-state index contributed by atoms with van der Waals surface area (Å²) in [4.78, 5) is 20.6. The van der Waals surface area contributed by atoms with Crippen molar-refractivity contribution in [2.24, 2.45) is 0 Å². The largest absolute Gasteiger partial charge is 0.494 e. The number of nitrogens with one attached hydrogen (secondary N) is 2. The van der Waals surface area contributed by atoms with E-state index < -0.39 is 0 Å². The SMILES string of the molecule is CCOc1ccc(NC(=O)c2cc(Nc3cccc(C#N)c3)ncn2)cc1. The molecule has 0 fully saturated rings. The number of hydrogen-bond donors (Lipinski definition) is 2. The molecule has 3 aromatic rings. The Labute approximate surface area is 156 Å². The molecule has 0 radical (unpaired) electrons. The fraction of sp³-hybridized carbons (Fsp3) is 0.100. The number of ether oxygens (including phenoxy) is 1. The molecule has 0 aliphatic heterocycles. The Bertz CT molecular complexity index is 980. The summed E-state index contributed by atoms with van der Waals surface area (Å²) in [6, 6.07) is 17.7. The van der Waals surface area contributed by atoms with Crippen LogP contribution in [0.15, 0.2) is 60.9 Å². The second-order valence-electron chi connectivity index (χ2n) is 5.52. The van der Waals surface area contributed by atoms with Gasteiger partial charge in [0, 0.05) is 17.4 Å². The van der Waals surface area contributed by atoms with Crippen molar-refractivity contribution < 1.29 is 9.53 Å². The van der Waals surface area contributed by atoms with Crippen molar-refractivity contribution in [1.29, 1.82) is 5.26 Å². The topological polar surface area (TPSA) is 99.9 Å². The van der Waals surface area contributed by atoms with Gasteiger partial charge >= 0.3 is 0 Å². The van der Waals surface area contributed by atoms with Gasteiger partial charge in [-0.1, -0.05) is 6.07 Å². The Morgan fingerprint density at radius 1 is 1.11 bits per heavy atom. The predicted octanol–water partition coefficient (Wildman–Crippen LogP) is 3.74. The molecule has 0 saturated heterocycles. The van der Waals surface area contributed by atoms with Crippen molar-refractivity contribution in [3.8, 4) is 11.8 Å². The average Bonchev–Trinajstić information content (AvgIpc) is 2.70. The second kappa shape index (κ2) is 8.45. The molecule has 0 aliphatic carbocycles. The summed E-state index contributed by atoms with van der Waals surface area (Å²) >= 11 is 0. The number of hydrogen-bond acceptors (Lipinski definition) is 6. The van der Waals surface area contributed by atoms with E-state index in [0.29, 0.717) is 29.4 Å². The van der Waals surface area contributed by atoms with Crippen LogP contribution in [-0.2, 0) is 0 Å². The molecule has 1 amide bonds. The Hall–Kier alpha value is -3.92. The monoisotopic (exact) mass is 359 g/mol. The summed E-state index contributed by atoms with van der Waals surface area (Å²) in [5.74, 6) is 0.843. The highest BCUT2D eigenvalue weighted by atomic mass is 16.5. The minimum absolute atomic E-state index is 0.220. The molecule has 1 aromatic heterocycles. The summed E-state index contributed by atoms with van der Waals surface area (Å²) in [6.07, 6.45) is 1.31. The van der Waals surface area contributed by atoms with Crippen LogP contribution in [0, 0.1) is 11.3 Å². The van der Waals surface area contributed by atoms with Gasteiger partial charge in [-0.2, -0.15) is 5.26 Å². The van der Waals surface area contributed by atoms with Crippen molar-refractivity contribution in [2.45, 2.75) is 6.92 Å². The first-order valence-corrected chi connectivity index (χ1v) is 8.31. The zero-order valence-electron chi connectivity index (χ0n) is 14.6. The van der Waals surface area contributed by atoms with E-state index in [1.54, 1.807) is 48.5 Å². The molecule has 0 unspecified atom stereocenters. The van der Waals surface area contributed by atoms with E-state index in [-0.39, 0.29) is 11.6 Å². The highest BCUT2D eigenvalue weighted by Crippen LogP contribution is 2.18. The number of aromatic nitrogens is 2. The third-order valence-corrected chi connectivity index (χ3v) is 3.59. The highest BCUT2D eigenvalue weighted by Gasteiger charge is 2.10. The molecule has 0 aliphatic rings. The van der Waals surface area contributed by atoms with Gasteiger partial charge in [-0.3, -0.25) is 4.79 Å². The Kier molecular flexibility index (Phi) is 5.60. The summed E-state index contributed by atoms with van der Waals surface area (Å²) in [5.41, 5.74) is 2.09. The van der Waals surface area contributed by atoms with Gasteiger partial charge in [0.1, 0.15) is 23.6 Å². The number of anilines is 3. The van der Waals surface area contributed by atoms with E-state index in [0.717, 1.165) is 5.75 Å². The van der Waals surface area contributed by atoms with Crippen molar-refractivity contribution in [2.75, 3.05) is 17.2 Å². The molecule has 3 rings (SSSR count). The predicted molar refractivity (Wildman–Crippen MR) is 102 cm³/mol. The lowest BCUT2D eigenvalue weighted by Gasteiger charge is -2.09. The number of rotatable bonds is 6. The van der Waals surface area contributed by atoms with Gasteiger partial charge in [-0.05, 0) is 49.4 Å². The number of nitriles is 1. The van der Waals surface area contributed by atoms with Crippen LogP contribution in [0.5, 0.6) is 5.75 Å². The number of amides is 1. The molecule has 1 heterocycles. The molecule has 7 heteroatoms. The zero-order valence-corrected chi connectivity index (χ0v) is 14.6. The van der Waals surface area contributed by atoms with Gasteiger partial charge in [-0.25, -0.2) is 9.97 Å². The van der Waals surface area contributed by atoms with E-state index in [4.69, 9.17) is 10.00 Å². The molecular weight excluding hydrogens is 342 g/mol.